The van der Waals surface area contributed by atoms with Crippen LogP contribution in [0.15, 0.2) is 121 Å². The van der Waals surface area contributed by atoms with Gasteiger partial charge >= 0.3 is 6.03 Å². The molecule has 1 saturated heterocycles. The number of hydrogen-bond donors (Lipinski definition) is 2. The van der Waals surface area contributed by atoms with Crippen molar-refractivity contribution in [3.63, 3.8) is 0 Å². The molecule has 0 spiro atoms. The molecule has 1 heterocycles. The molecule has 0 bridgehead atoms. The Labute approximate surface area is 224 Å². The molecular weight excluding hydrogens is 472 g/mol. The average Bonchev–Trinajstić information content (AvgIpc) is 3.03. The van der Waals surface area contributed by atoms with Crippen molar-refractivity contribution in [1.29, 1.82) is 0 Å². The van der Waals surface area contributed by atoms with Crippen molar-refractivity contribution in [1.82, 2.24) is 9.80 Å². The van der Waals surface area contributed by atoms with Crippen molar-refractivity contribution in [3.8, 4) is 0 Å². The third-order valence-electron chi connectivity index (χ3n) is 7.40. The van der Waals surface area contributed by atoms with E-state index in [1.807, 2.05) is 121 Å². The van der Waals surface area contributed by atoms with E-state index < -0.39 is 24.3 Å². The van der Waals surface area contributed by atoms with Crippen molar-refractivity contribution in [2.75, 3.05) is 0 Å². The normalized spacial score (nSPS) is 21.8. The molecule has 2 amide bonds. The number of nitrogens with zero attached hydrogens (tertiary/aromatic N) is 2. The number of carbonyl (C=O) groups excluding carboxylic acids is 1. The summed E-state index contributed by atoms with van der Waals surface area (Å²) in [6.45, 7) is 0.675. The molecule has 5 rings (SSSR count). The molecule has 0 aliphatic carbocycles. The first-order valence-corrected chi connectivity index (χ1v) is 13.2. The van der Waals surface area contributed by atoms with E-state index in [1.54, 1.807) is 9.80 Å². The minimum atomic E-state index is -1.13. The summed E-state index contributed by atoms with van der Waals surface area (Å²) in [6.07, 6.45) is -1.38. The summed E-state index contributed by atoms with van der Waals surface area (Å²) in [7, 11) is 0. The van der Waals surface area contributed by atoms with Gasteiger partial charge in [-0.2, -0.15) is 0 Å². The Hall–Kier alpha value is -3.93. The van der Waals surface area contributed by atoms with E-state index in [2.05, 4.69) is 0 Å². The smallest absolute Gasteiger partial charge is 0.321 e. The van der Waals surface area contributed by atoms with Crippen LogP contribution in [0.2, 0.25) is 0 Å². The third kappa shape index (κ3) is 5.96. The molecule has 5 nitrogen and oxygen atoms in total. The van der Waals surface area contributed by atoms with Crippen LogP contribution in [0.4, 0.5) is 4.79 Å². The van der Waals surface area contributed by atoms with Gasteiger partial charge in [0.05, 0.1) is 12.1 Å². The number of amides is 2. The van der Waals surface area contributed by atoms with Gasteiger partial charge in [-0.25, -0.2) is 4.79 Å². The van der Waals surface area contributed by atoms with Crippen molar-refractivity contribution in [2.45, 2.75) is 50.2 Å². The Morgan fingerprint density at radius 2 is 0.763 bits per heavy atom. The maximum absolute atomic E-state index is 14.5. The van der Waals surface area contributed by atoms with E-state index >= 15 is 0 Å². The summed E-state index contributed by atoms with van der Waals surface area (Å²) in [4.78, 5) is 18.0. The van der Waals surface area contributed by atoms with E-state index in [0.717, 1.165) is 22.3 Å². The summed E-state index contributed by atoms with van der Waals surface area (Å²) in [5.74, 6) is 0. The van der Waals surface area contributed by atoms with Crippen LogP contribution in [-0.4, -0.2) is 50.3 Å². The Morgan fingerprint density at radius 3 is 1.08 bits per heavy atom. The molecule has 2 N–H and O–H groups in total. The molecule has 1 aliphatic heterocycles. The molecule has 0 saturated carbocycles. The predicted octanol–water partition coefficient (Wildman–Crippen LogP) is 5.07. The van der Waals surface area contributed by atoms with Crippen molar-refractivity contribution < 1.29 is 15.0 Å². The lowest BCUT2D eigenvalue weighted by Crippen LogP contribution is -2.50. The van der Waals surface area contributed by atoms with Gasteiger partial charge in [-0.1, -0.05) is 121 Å². The molecule has 194 valence electrons. The Morgan fingerprint density at radius 1 is 0.474 bits per heavy atom. The second kappa shape index (κ2) is 12.1. The number of hydrogen-bond acceptors (Lipinski definition) is 3. The summed E-state index contributed by atoms with van der Waals surface area (Å²) < 4.78 is 0. The summed E-state index contributed by atoms with van der Waals surface area (Å²) in [6, 6.07) is 38.0. The van der Waals surface area contributed by atoms with Crippen LogP contribution in [0.5, 0.6) is 0 Å². The number of benzene rings is 4. The fourth-order valence-corrected chi connectivity index (χ4v) is 5.38. The van der Waals surface area contributed by atoms with Gasteiger partial charge in [0.15, 0.2) is 0 Å². The van der Waals surface area contributed by atoms with Crippen molar-refractivity contribution in [2.24, 2.45) is 0 Å². The van der Waals surface area contributed by atoms with Crippen LogP contribution in [0.1, 0.15) is 22.3 Å². The van der Waals surface area contributed by atoms with Gasteiger partial charge in [0.2, 0.25) is 0 Å². The molecule has 1 aliphatic rings. The third-order valence-corrected chi connectivity index (χ3v) is 7.40. The highest BCUT2D eigenvalue weighted by Crippen LogP contribution is 2.30. The van der Waals surface area contributed by atoms with E-state index in [0.29, 0.717) is 25.9 Å². The first kappa shape index (κ1) is 25.7. The van der Waals surface area contributed by atoms with Gasteiger partial charge in [0, 0.05) is 13.1 Å². The van der Waals surface area contributed by atoms with Crippen LogP contribution in [0.25, 0.3) is 0 Å². The van der Waals surface area contributed by atoms with Gasteiger partial charge < -0.3 is 20.0 Å². The number of urea groups is 1. The first-order valence-electron chi connectivity index (χ1n) is 13.2. The van der Waals surface area contributed by atoms with Crippen LogP contribution in [-0.2, 0) is 25.9 Å². The predicted molar refractivity (Wildman–Crippen MR) is 149 cm³/mol. The van der Waals surface area contributed by atoms with Gasteiger partial charge in [0.1, 0.15) is 12.2 Å². The van der Waals surface area contributed by atoms with Gasteiger partial charge in [-0.05, 0) is 35.1 Å². The quantitative estimate of drug-likeness (QED) is 0.351. The first-order chi connectivity index (χ1) is 18.6. The van der Waals surface area contributed by atoms with Gasteiger partial charge in [-0.3, -0.25) is 0 Å². The molecule has 0 unspecified atom stereocenters. The van der Waals surface area contributed by atoms with E-state index in [1.165, 1.54) is 0 Å². The van der Waals surface area contributed by atoms with Crippen LogP contribution < -0.4 is 0 Å². The molecule has 0 radical (unpaired) electrons. The number of aliphatic hydroxyl groups is 2. The molecule has 5 heteroatoms. The monoisotopic (exact) mass is 506 g/mol. The highest BCUT2D eigenvalue weighted by molar-refractivity contribution is 5.76. The summed E-state index contributed by atoms with van der Waals surface area (Å²) >= 11 is 0. The van der Waals surface area contributed by atoms with Gasteiger partial charge in [-0.15, -0.1) is 0 Å². The molecule has 4 aromatic carbocycles. The Bertz CT molecular complexity index is 1180. The van der Waals surface area contributed by atoms with E-state index in [9.17, 15) is 15.0 Å². The van der Waals surface area contributed by atoms with E-state index in [4.69, 9.17) is 0 Å². The second-order valence-electron chi connectivity index (χ2n) is 10.0. The zero-order valence-electron chi connectivity index (χ0n) is 21.4. The van der Waals surface area contributed by atoms with Crippen molar-refractivity contribution in [3.05, 3.63) is 144 Å². The van der Waals surface area contributed by atoms with Crippen LogP contribution >= 0.6 is 0 Å². The molecule has 38 heavy (non-hydrogen) atoms. The Balaban J connectivity index is 1.57. The largest absolute Gasteiger partial charge is 0.388 e. The highest BCUT2D eigenvalue weighted by Gasteiger charge is 2.46. The fourth-order valence-electron chi connectivity index (χ4n) is 5.38. The van der Waals surface area contributed by atoms with E-state index in [-0.39, 0.29) is 6.03 Å². The lowest BCUT2D eigenvalue weighted by atomic mass is 9.91. The molecule has 1 fully saturated rings. The maximum atomic E-state index is 14.5. The highest BCUT2D eigenvalue weighted by atomic mass is 16.3. The standard InChI is InChI=1S/C33H34N2O3/c36-31-29(21-25-13-5-1-6-14-25)34(23-27-17-9-3-10-18-27)33(38)35(24-28-19-11-4-12-20-28)30(32(31)37)22-26-15-7-2-8-16-26/h1-20,29-32,36-37H,21-24H2/t29-,30+,31-,32-/m1/s1. The lowest BCUT2D eigenvalue weighted by Gasteiger charge is -2.35. The van der Waals surface area contributed by atoms with Crippen LogP contribution in [0, 0.1) is 0 Å². The molecule has 4 aromatic rings. The second-order valence-corrected chi connectivity index (χ2v) is 10.0. The summed E-state index contributed by atoms with van der Waals surface area (Å²) in [5.41, 5.74) is 3.96. The molecular formula is C33H34N2O3. The zero-order valence-corrected chi connectivity index (χ0v) is 21.4. The maximum Gasteiger partial charge on any atom is 0.321 e. The van der Waals surface area contributed by atoms with Gasteiger partial charge in [0.25, 0.3) is 0 Å². The summed E-state index contributed by atoms with van der Waals surface area (Å²) in [5, 5.41) is 23.4. The molecule has 0 aromatic heterocycles. The fraction of sp³-hybridized carbons (Fsp3) is 0.242. The minimum Gasteiger partial charge on any atom is -0.388 e. The average molecular weight is 507 g/mol. The minimum absolute atomic E-state index is 0.185. The number of aliphatic hydroxyl groups excluding tert-OH is 2. The van der Waals surface area contributed by atoms with Crippen LogP contribution in [0.3, 0.4) is 0 Å². The Kier molecular flexibility index (Phi) is 8.17. The van der Waals surface area contributed by atoms with Crippen molar-refractivity contribution >= 4 is 6.03 Å². The number of rotatable bonds is 8. The zero-order chi connectivity index (χ0) is 26.3. The lowest BCUT2D eigenvalue weighted by molar-refractivity contribution is -0.0408. The molecule has 4 atom stereocenters. The number of carbonyl (C=O) groups is 1. The SMILES string of the molecule is O=C1N(Cc2ccccc2)[C@H](Cc2ccccc2)[C@@H](O)[C@H](O)[C@H](Cc2ccccc2)N1Cc1ccccc1. The topological polar surface area (TPSA) is 64.0 Å².